The molecule has 1 atom stereocenters. The van der Waals surface area contributed by atoms with Gasteiger partial charge in [-0.1, -0.05) is 12.1 Å². The van der Waals surface area contributed by atoms with Gasteiger partial charge in [0.2, 0.25) is 4.77 Å². The second-order valence-corrected chi connectivity index (χ2v) is 9.54. The maximum absolute atomic E-state index is 12.7. The van der Waals surface area contributed by atoms with Crippen LogP contribution in [0.25, 0.3) is 10.9 Å². The smallest absolute Gasteiger partial charge is 0.282 e. The third-order valence-electron chi connectivity index (χ3n) is 5.02. The highest BCUT2D eigenvalue weighted by Crippen LogP contribution is 2.26. The van der Waals surface area contributed by atoms with Gasteiger partial charge in [-0.2, -0.15) is 14.9 Å². The van der Waals surface area contributed by atoms with E-state index in [9.17, 15) is 13.2 Å². The summed E-state index contributed by atoms with van der Waals surface area (Å²) in [4.78, 5) is 15.7. The lowest BCUT2D eigenvalue weighted by molar-refractivity contribution is 0.486. The molecule has 0 unspecified atom stereocenters. The standard InChI is InChI=1S/C18H19N5O3S2/c1-11-15(12(2)22(21-11)13-7-8-28(25,26)10-13)9-19-23-17(24)14-5-3-4-6-16(14)20-18(23)27/h3-6,9,13H,7-8,10H2,1-2H3,(H,20,27)/t13-/m1/s1. The van der Waals surface area contributed by atoms with E-state index in [-0.39, 0.29) is 27.9 Å². The summed E-state index contributed by atoms with van der Waals surface area (Å²) in [6.07, 6.45) is 2.10. The summed E-state index contributed by atoms with van der Waals surface area (Å²) in [5.74, 6) is 0.280. The quantitative estimate of drug-likeness (QED) is 0.519. The largest absolute Gasteiger partial charge is 0.330 e. The van der Waals surface area contributed by atoms with Crippen molar-refractivity contribution in [1.29, 1.82) is 0 Å². The van der Waals surface area contributed by atoms with E-state index in [1.807, 2.05) is 19.9 Å². The van der Waals surface area contributed by atoms with E-state index < -0.39 is 9.84 Å². The maximum Gasteiger partial charge on any atom is 0.282 e. The fourth-order valence-corrected chi connectivity index (χ4v) is 5.49. The summed E-state index contributed by atoms with van der Waals surface area (Å²) in [5.41, 5.74) is 2.63. The molecule has 0 spiro atoms. The molecule has 3 heterocycles. The molecule has 2 aromatic heterocycles. The number of nitrogens with one attached hydrogen (secondary N) is 1. The molecule has 1 fully saturated rings. The van der Waals surface area contributed by atoms with Crippen molar-refractivity contribution in [3.8, 4) is 0 Å². The lowest BCUT2D eigenvalue weighted by atomic mass is 10.2. The molecule has 1 aromatic carbocycles. The van der Waals surface area contributed by atoms with E-state index in [0.29, 0.717) is 23.0 Å². The molecular formula is C18H19N5O3S2. The lowest BCUT2D eigenvalue weighted by Crippen LogP contribution is -2.18. The summed E-state index contributed by atoms with van der Waals surface area (Å²) in [7, 11) is -3.01. The maximum atomic E-state index is 12.7. The number of benzene rings is 1. The Labute approximate surface area is 166 Å². The Kier molecular flexibility index (Phi) is 4.54. The molecule has 1 N–H and O–H groups in total. The molecule has 0 bridgehead atoms. The van der Waals surface area contributed by atoms with Crippen molar-refractivity contribution < 1.29 is 8.42 Å². The molecule has 146 valence electrons. The van der Waals surface area contributed by atoms with Crippen LogP contribution in [0.4, 0.5) is 0 Å². The minimum absolute atomic E-state index is 0.0982. The SMILES string of the molecule is Cc1nn([C@@H]2CCS(=O)(=O)C2)c(C)c1C=Nn1c(=S)[nH]c2ccccc2c1=O. The average Bonchev–Trinajstić information content (AvgIpc) is 3.14. The van der Waals surface area contributed by atoms with Crippen molar-refractivity contribution in [2.24, 2.45) is 5.10 Å². The number of rotatable bonds is 3. The van der Waals surface area contributed by atoms with Crippen LogP contribution in [0.1, 0.15) is 29.4 Å². The number of nitrogens with zero attached hydrogens (tertiary/aromatic N) is 4. The normalized spacial score (nSPS) is 19.0. The van der Waals surface area contributed by atoms with Gasteiger partial charge in [0.25, 0.3) is 5.56 Å². The number of hydrogen-bond donors (Lipinski definition) is 1. The van der Waals surface area contributed by atoms with Crippen molar-refractivity contribution in [3.05, 3.63) is 56.3 Å². The van der Waals surface area contributed by atoms with Gasteiger partial charge in [0.1, 0.15) is 0 Å². The van der Waals surface area contributed by atoms with Crippen LogP contribution < -0.4 is 5.56 Å². The first-order chi connectivity index (χ1) is 13.3. The third kappa shape index (κ3) is 3.22. The molecule has 0 aliphatic carbocycles. The molecule has 4 rings (SSSR count). The summed E-state index contributed by atoms with van der Waals surface area (Å²) in [6, 6.07) is 6.93. The lowest BCUT2D eigenvalue weighted by Gasteiger charge is -2.10. The number of hydrogen-bond acceptors (Lipinski definition) is 6. The zero-order valence-corrected chi connectivity index (χ0v) is 17.0. The third-order valence-corrected chi connectivity index (χ3v) is 7.05. The van der Waals surface area contributed by atoms with Crippen molar-refractivity contribution in [2.45, 2.75) is 26.3 Å². The first kappa shape index (κ1) is 18.8. The number of para-hydroxylation sites is 1. The second kappa shape index (κ2) is 6.78. The van der Waals surface area contributed by atoms with Gasteiger partial charge < -0.3 is 4.98 Å². The summed E-state index contributed by atoms with van der Waals surface area (Å²) in [5, 5.41) is 9.29. The van der Waals surface area contributed by atoms with Crippen molar-refractivity contribution in [3.63, 3.8) is 0 Å². The molecule has 10 heteroatoms. The minimum Gasteiger partial charge on any atom is -0.330 e. The monoisotopic (exact) mass is 417 g/mol. The number of sulfone groups is 1. The van der Waals surface area contributed by atoms with Crippen LogP contribution in [0.3, 0.4) is 0 Å². The Hall–Kier alpha value is -2.59. The van der Waals surface area contributed by atoms with Gasteiger partial charge in [-0.3, -0.25) is 9.48 Å². The number of aryl methyl sites for hydroxylation is 1. The molecular weight excluding hydrogens is 398 g/mol. The summed E-state index contributed by atoms with van der Waals surface area (Å²) >= 11 is 5.27. The Balaban J connectivity index is 1.75. The van der Waals surface area contributed by atoms with Crippen LogP contribution in [0.5, 0.6) is 0 Å². The van der Waals surface area contributed by atoms with Crippen LogP contribution in [-0.2, 0) is 9.84 Å². The van der Waals surface area contributed by atoms with E-state index in [0.717, 1.165) is 15.9 Å². The van der Waals surface area contributed by atoms with Gasteiger partial charge in [-0.05, 0) is 44.6 Å². The number of aromatic amines is 1. The van der Waals surface area contributed by atoms with E-state index in [1.165, 1.54) is 0 Å². The van der Waals surface area contributed by atoms with Crippen LogP contribution in [0.2, 0.25) is 0 Å². The van der Waals surface area contributed by atoms with Gasteiger partial charge in [-0.15, -0.1) is 0 Å². The summed E-state index contributed by atoms with van der Waals surface area (Å²) < 4.78 is 26.7. The average molecular weight is 418 g/mol. The first-order valence-corrected chi connectivity index (χ1v) is 11.0. The number of aromatic nitrogens is 4. The fourth-order valence-electron chi connectivity index (χ4n) is 3.56. The van der Waals surface area contributed by atoms with Crippen molar-refractivity contribution in [1.82, 2.24) is 19.4 Å². The Morgan fingerprint density at radius 3 is 2.79 bits per heavy atom. The Bertz CT molecular complexity index is 1330. The van der Waals surface area contributed by atoms with Crippen molar-refractivity contribution >= 4 is 39.2 Å². The molecule has 8 nitrogen and oxygen atoms in total. The van der Waals surface area contributed by atoms with E-state index >= 15 is 0 Å². The highest BCUT2D eigenvalue weighted by molar-refractivity contribution is 7.91. The van der Waals surface area contributed by atoms with E-state index in [1.54, 1.807) is 29.1 Å². The topological polar surface area (TPSA) is 102 Å². The molecule has 0 saturated carbocycles. The Morgan fingerprint density at radius 1 is 1.32 bits per heavy atom. The van der Waals surface area contributed by atoms with Crippen LogP contribution in [-0.4, -0.2) is 45.6 Å². The molecule has 28 heavy (non-hydrogen) atoms. The zero-order valence-electron chi connectivity index (χ0n) is 15.4. The van der Waals surface area contributed by atoms with E-state index in [4.69, 9.17) is 12.2 Å². The highest BCUT2D eigenvalue weighted by atomic mass is 32.2. The second-order valence-electron chi connectivity index (χ2n) is 6.92. The van der Waals surface area contributed by atoms with Gasteiger partial charge in [-0.25, -0.2) is 8.42 Å². The molecule has 0 amide bonds. The van der Waals surface area contributed by atoms with Crippen molar-refractivity contribution in [2.75, 3.05) is 11.5 Å². The number of H-pyrrole nitrogens is 1. The van der Waals surface area contributed by atoms with Crippen LogP contribution in [0.15, 0.2) is 34.2 Å². The van der Waals surface area contributed by atoms with Gasteiger partial charge in [0.15, 0.2) is 9.84 Å². The molecule has 1 saturated heterocycles. The van der Waals surface area contributed by atoms with Gasteiger partial charge >= 0.3 is 0 Å². The molecule has 1 aliphatic rings. The fraction of sp³-hybridized carbons (Fsp3) is 0.333. The van der Waals surface area contributed by atoms with Gasteiger partial charge in [0.05, 0.1) is 40.4 Å². The predicted molar refractivity (Wildman–Crippen MR) is 110 cm³/mol. The zero-order chi connectivity index (χ0) is 20.1. The minimum atomic E-state index is -3.01. The molecule has 3 aromatic rings. The first-order valence-electron chi connectivity index (χ1n) is 8.81. The van der Waals surface area contributed by atoms with Crippen LogP contribution in [0, 0.1) is 18.6 Å². The molecule has 1 aliphatic heterocycles. The number of fused-ring (bicyclic) bond motifs is 1. The summed E-state index contributed by atoms with van der Waals surface area (Å²) in [6.45, 7) is 3.70. The van der Waals surface area contributed by atoms with Crippen LogP contribution >= 0.6 is 12.2 Å². The van der Waals surface area contributed by atoms with Gasteiger partial charge in [0, 0.05) is 11.3 Å². The Morgan fingerprint density at radius 2 is 2.07 bits per heavy atom. The molecule has 0 radical (unpaired) electrons. The predicted octanol–water partition coefficient (Wildman–Crippen LogP) is 2.11. The van der Waals surface area contributed by atoms with E-state index in [2.05, 4.69) is 15.2 Å². The highest BCUT2D eigenvalue weighted by Gasteiger charge is 2.31.